The van der Waals surface area contributed by atoms with E-state index in [2.05, 4.69) is 36.5 Å². The molecule has 1 saturated carbocycles. The zero-order valence-corrected chi connectivity index (χ0v) is 10.2. The van der Waals surface area contributed by atoms with Crippen molar-refractivity contribution in [3.63, 3.8) is 0 Å². The van der Waals surface area contributed by atoms with E-state index < -0.39 is 0 Å². The Morgan fingerprint density at radius 2 is 1.81 bits per heavy atom. The Bertz CT molecular complexity index is 329. The van der Waals surface area contributed by atoms with Gasteiger partial charge in [-0.3, -0.25) is 0 Å². The topological polar surface area (TPSA) is 21.3 Å². The van der Waals surface area contributed by atoms with Crippen molar-refractivity contribution in [2.45, 2.75) is 44.8 Å². The lowest BCUT2D eigenvalue weighted by Gasteiger charge is -2.29. The molecule has 88 valence electrons. The van der Waals surface area contributed by atoms with E-state index in [1.807, 2.05) is 7.11 Å². The third-order valence-corrected chi connectivity index (χ3v) is 3.51. The molecule has 0 bridgehead atoms. The number of methoxy groups -OCH3 is 1. The minimum Gasteiger partial charge on any atom is -0.382 e. The van der Waals surface area contributed by atoms with Crippen LogP contribution >= 0.6 is 0 Å². The SMILES string of the molecule is COC1CCC(Nc2ccccc2C)CC1. The molecule has 1 aromatic carbocycles. The van der Waals surface area contributed by atoms with E-state index in [0.29, 0.717) is 12.1 Å². The van der Waals surface area contributed by atoms with Crippen molar-refractivity contribution in [2.75, 3.05) is 12.4 Å². The smallest absolute Gasteiger partial charge is 0.0572 e. The first kappa shape index (κ1) is 11.5. The summed E-state index contributed by atoms with van der Waals surface area (Å²) in [6, 6.07) is 9.12. The van der Waals surface area contributed by atoms with Gasteiger partial charge in [0.1, 0.15) is 0 Å². The molecule has 0 aromatic heterocycles. The quantitative estimate of drug-likeness (QED) is 0.841. The predicted octanol–water partition coefficient (Wildman–Crippen LogP) is 3.36. The van der Waals surface area contributed by atoms with Crippen LogP contribution in [0.25, 0.3) is 0 Å². The van der Waals surface area contributed by atoms with Gasteiger partial charge in [0.25, 0.3) is 0 Å². The maximum absolute atomic E-state index is 5.39. The van der Waals surface area contributed by atoms with Crippen LogP contribution in [-0.4, -0.2) is 19.3 Å². The van der Waals surface area contributed by atoms with Gasteiger partial charge < -0.3 is 10.1 Å². The van der Waals surface area contributed by atoms with E-state index in [-0.39, 0.29) is 0 Å². The van der Waals surface area contributed by atoms with Crippen LogP contribution < -0.4 is 5.32 Å². The molecule has 16 heavy (non-hydrogen) atoms. The number of rotatable bonds is 3. The number of benzene rings is 1. The molecule has 2 heteroatoms. The van der Waals surface area contributed by atoms with E-state index in [4.69, 9.17) is 4.74 Å². The van der Waals surface area contributed by atoms with Gasteiger partial charge in [0.05, 0.1) is 6.10 Å². The summed E-state index contributed by atoms with van der Waals surface area (Å²) in [5.41, 5.74) is 2.61. The molecule has 0 atom stereocenters. The Morgan fingerprint density at radius 3 is 2.44 bits per heavy atom. The molecule has 0 heterocycles. The second kappa shape index (κ2) is 5.35. The van der Waals surface area contributed by atoms with Crippen molar-refractivity contribution in [2.24, 2.45) is 0 Å². The van der Waals surface area contributed by atoms with Crippen molar-refractivity contribution < 1.29 is 4.74 Å². The summed E-state index contributed by atoms with van der Waals surface area (Å²) >= 11 is 0. The monoisotopic (exact) mass is 219 g/mol. The molecule has 2 rings (SSSR count). The van der Waals surface area contributed by atoms with Crippen molar-refractivity contribution in [3.8, 4) is 0 Å². The number of hydrogen-bond acceptors (Lipinski definition) is 2. The van der Waals surface area contributed by atoms with Gasteiger partial charge in [-0.1, -0.05) is 18.2 Å². The van der Waals surface area contributed by atoms with E-state index in [9.17, 15) is 0 Å². The fourth-order valence-electron chi connectivity index (χ4n) is 2.40. The van der Waals surface area contributed by atoms with Gasteiger partial charge >= 0.3 is 0 Å². The first-order chi connectivity index (χ1) is 7.79. The van der Waals surface area contributed by atoms with Crippen molar-refractivity contribution in [3.05, 3.63) is 29.8 Å². The predicted molar refractivity (Wildman–Crippen MR) is 67.9 cm³/mol. The first-order valence-corrected chi connectivity index (χ1v) is 6.14. The molecule has 1 fully saturated rings. The van der Waals surface area contributed by atoms with Gasteiger partial charge in [-0.15, -0.1) is 0 Å². The second-order valence-corrected chi connectivity index (χ2v) is 4.67. The van der Waals surface area contributed by atoms with E-state index in [1.54, 1.807) is 0 Å². The van der Waals surface area contributed by atoms with Crippen LogP contribution in [0.15, 0.2) is 24.3 Å². The highest BCUT2D eigenvalue weighted by molar-refractivity contribution is 5.50. The van der Waals surface area contributed by atoms with Crippen LogP contribution in [0.3, 0.4) is 0 Å². The van der Waals surface area contributed by atoms with Crippen molar-refractivity contribution >= 4 is 5.69 Å². The highest BCUT2D eigenvalue weighted by Gasteiger charge is 2.20. The molecule has 0 unspecified atom stereocenters. The Labute approximate surface area is 98.0 Å². The molecule has 0 aliphatic heterocycles. The molecule has 1 N–H and O–H groups in total. The summed E-state index contributed by atoms with van der Waals surface area (Å²) in [7, 11) is 1.82. The highest BCUT2D eigenvalue weighted by Crippen LogP contribution is 2.24. The highest BCUT2D eigenvalue weighted by atomic mass is 16.5. The second-order valence-electron chi connectivity index (χ2n) is 4.67. The average Bonchev–Trinajstić information content (AvgIpc) is 2.33. The van der Waals surface area contributed by atoms with Gasteiger partial charge in [-0.2, -0.15) is 0 Å². The van der Waals surface area contributed by atoms with E-state index in [0.717, 1.165) is 0 Å². The molecule has 2 nitrogen and oxygen atoms in total. The Morgan fingerprint density at radius 1 is 1.12 bits per heavy atom. The molecule has 1 aromatic rings. The minimum atomic E-state index is 0.481. The van der Waals surface area contributed by atoms with Crippen LogP contribution in [-0.2, 0) is 4.74 Å². The fraction of sp³-hybridized carbons (Fsp3) is 0.571. The zero-order valence-electron chi connectivity index (χ0n) is 10.2. The third kappa shape index (κ3) is 2.76. The minimum absolute atomic E-state index is 0.481. The van der Waals surface area contributed by atoms with Gasteiger partial charge in [-0.05, 0) is 44.2 Å². The summed E-state index contributed by atoms with van der Waals surface area (Å²) in [6.07, 6.45) is 5.27. The maximum atomic E-state index is 5.39. The lowest BCUT2D eigenvalue weighted by atomic mass is 9.92. The number of nitrogens with one attached hydrogen (secondary N) is 1. The molecule has 0 amide bonds. The number of hydrogen-bond donors (Lipinski definition) is 1. The number of aryl methyl sites for hydroxylation is 1. The summed E-state index contributed by atoms with van der Waals surface area (Å²) < 4.78 is 5.39. The van der Waals surface area contributed by atoms with Crippen LogP contribution in [0.1, 0.15) is 31.2 Å². The van der Waals surface area contributed by atoms with Crippen LogP contribution in [0.2, 0.25) is 0 Å². The summed E-state index contributed by atoms with van der Waals surface area (Å²) in [5, 5.41) is 3.64. The van der Waals surface area contributed by atoms with E-state index in [1.165, 1.54) is 36.9 Å². The lowest BCUT2D eigenvalue weighted by Crippen LogP contribution is -2.29. The molecular weight excluding hydrogens is 198 g/mol. The zero-order chi connectivity index (χ0) is 11.4. The lowest BCUT2D eigenvalue weighted by molar-refractivity contribution is 0.0682. The molecule has 0 radical (unpaired) electrons. The largest absolute Gasteiger partial charge is 0.382 e. The number of ether oxygens (including phenoxy) is 1. The van der Waals surface area contributed by atoms with Crippen molar-refractivity contribution in [1.82, 2.24) is 0 Å². The van der Waals surface area contributed by atoms with Gasteiger partial charge in [0.2, 0.25) is 0 Å². The third-order valence-electron chi connectivity index (χ3n) is 3.51. The number of para-hydroxylation sites is 1. The normalized spacial score (nSPS) is 25.4. The maximum Gasteiger partial charge on any atom is 0.0572 e. The van der Waals surface area contributed by atoms with E-state index >= 15 is 0 Å². The summed E-state index contributed by atoms with van der Waals surface area (Å²) in [4.78, 5) is 0. The fourth-order valence-corrected chi connectivity index (χ4v) is 2.40. The first-order valence-electron chi connectivity index (χ1n) is 6.14. The Kier molecular flexibility index (Phi) is 3.83. The molecule has 0 saturated heterocycles. The van der Waals surface area contributed by atoms with Crippen LogP contribution in [0.4, 0.5) is 5.69 Å². The average molecular weight is 219 g/mol. The van der Waals surface area contributed by atoms with Gasteiger partial charge in [-0.25, -0.2) is 0 Å². The molecular formula is C14H21NO. The van der Waals surface area contributed by atoms with Crippen LogP contribution in [0, 0.1) is 6.92 Å². The van der Waals surface area contributed by atoms with Crippen molar-refractivity contribution in [1.29, 1.82) is 0 Å². The van der Waals surface area contributed by atoms with Gasteiger partial charge in [0, 0.05) is 18.8 Å². The van der Waals surface area contributed by atoms with Gasteiger partial charge in [0.15, 0.2) is 0 Å². The number of anilines is 1. The van der Waals surface area contributed by atoms with Crippen LogP contribution in [0.5, 0.6) is 0 Å². The summed E-state index contributed by atoms with van der Waals surface area (Å²) in [5.74, 6) is 0. The molecule has 0 spiro atoms. The Balaban J connectivity index is 1.89. The summed E-state index contributed by atoms with van der Waals surface area (Å²) in [6.45, 7) is 2.16. The Hall–Kier alpha value is -1.02. The molecule has 1 aliphatic carbocycles. The standard InChI is InChI=1S/C14H21NO/c1-11-5-3-4-6-14(11)15-12-7-9-13(16-2)10-8-12/h3-6,12-13,15H,7-10H2,1-2H3. The molecule has 1 aliphatic rings.